The minimum absolute atomic E-state index is 0.375. The molecule has 0 N–H and O–H groups in total. The second-order valence-electron chi connectivity index (χ2n) is 7.91. The third-order valence-electron chi connectivity index (χ3n) is 6.37. The predicted molar refractivity (Wildman–Crippen MR) is 106 cm³/mol. The van der Waals surface area contributed by atoms with E-state index >= 15 is 0 Å². The van der Waals surface area contributed by atoms with Crippen LogP contribution in [-0.2, 0) is 19.4 Å². The Morgan fingerprint density at radius 2 is 1.85 bits per heavy atom. The normalized spacial score (nSPS) is 20.9. The van der Waals surface area contributed by atoms with Gasteiger partial charge in [-0.05, 0) is 55.0 Å². The van der Waals surface area contributed by atoms with Gasteiger partial charge in [0.2, 0.25) is 5.69 Å². The highest BCUT2D eigenvalue weighted by Gasteiger charge is 2.33. The zero-order chi connectivity index (χ0) is 17.7. The molecule has 1 unspecified atom stereocenters. The van der Waals surface area contributed by atoms with E-state index in [9.17, 15) is 0 Å². The van der Waals surface area contributed by atoms with E-state index in [4.69, 9.17) is 0 Å². The summed E-state index contributed by atoms with van der Waals surface area (Å²) in [5.74, 6) is 0. The molecule has 2 heteroatoms. The summed E-state index contributed by atoms with van der Waals surface area (Å²) in [6.07, 6.45) is 11.7. The minimum atomic E-state index is 0.375. The van der Waals surface area contributed by atoms with Gasteiger partial charge in [-0.15, -0.1) is 0 Å². The van der Waals surface area contributed by atoms with Crippen molar-refractivity contribution in [1.29, 1.82) is 0 Å². The summed E-state index contributed by atoms with van der Waals surface area (Å²) in [7, 11) is 0. The Hall–Kier alpha value is -2.35. The molecule has 0 saturated carbocycles. The molecular weight excluding hydrogens is 316 g/mol. The molecule has 2 nitrogen and oxygen atoms in total. The van der Waals surface area contributed by atoms with Gasteiger partial charge < -0.3 is 4.90 Å². The molecule has 0 aliphatic carbocycles. The molecule has 1 aromatic heterocycles. The Bertz CT molecular complexity index is 935. The lowest BCUT2D eigenvalue weighted by Crippen LogP contribution is -2.39. The van der Waals surface area contributed by atoms with E-state index in [0.717, 1.165) is 13.1 Å². The number of nitrogens with zero attached hydrogens (tertiary/aromatic N) is 2. The number of aromatic nitrogens is 1. The van der Waals surface area contributed by atoms with Crippen molar-refractivity contribution < 1.29 is 4.57 Å². The molecule has 4 heterocycles. The maximum atomic E-state index is 2.61. The third kappa shape index (κ3) is 2.35. The lowest BCUT2D eigenvalue weighted by Gasteiger charge is -2.34. The van der Waals surface area contributed by atoms with Gasteiger partial charge in [-0.2, -0.15) is 4.57 Å². The van der Waals surface area contributed by atoms with Crippen LogP contribution in [0.25, 0.3) is 11.3 Å². The molecular formula is C24H27N2+. The van der Waals surface area contributed by atoms with Crippen LogP contribution in [0.4, 0.5) is 0 Å². The lowest BCUT2D eigenvalue weighted by molar-refractivity contribution is -0.691. The predicted octanol–water partition coefficient (Wildman–Crippen LogP) is 4.66. The standard InChI is InChI=1S/C24H27N2/c1-17-7-3-11-21-23-19(9-5-15-25(17)21)13-14-20-10-6-16-26-18(2)8-4-12-22(26)24(20)23/h3-4,7-8,11-14,21H,5-6,9-10,15-16H2,1-2H3/q+1. The molecule has 0 spiro atoms. The van der Waals surface area contributed by atoms with Crippen LogP contribution in [0, 0.1) is 6.92 Å². The van der Waals surface area contributed by atoms with E-state index in [1.54, 1.807) is 11.1 Å². The van der Waals surface area contributed by atoms with E-state index in [1.807, 2.05) is 0 Å². The number of fused-ring (bicyclic) bond motifs is 7. The number of hydrogen-bond donors (Lipinski definition) is 0. The topological polar surface area (TPSA) is 7.12 Å². The van der Waals surface area contributed by atoms with Crippen LogP contribution in [0.3, 0.4) is 0 Å². The Kier molecular flexibility index (Phi) is 3.74. The summed E-state index contributed by atoms with van der Waals surface area (Å²) >= 11 is 0. The maximum Gasteiger partial charge on any atom is 0.213 e. The Balaban J connectivity index is 1.81. The van der Waals surface area contributed by atoms with Gasteiger partial charge in [0.25, 0.3) is 0 Å². The Labute approximate surface area is 156 Å². The SMILES string of the molecule is CC1=CC=CC2c3c(ccc4c3-c3cccc(C)[n+]3CCC4)CCCN12. The first-order valence-corrected chi connectivity index (χ1v) is 10.0. The van der Waals surface area contributed by atoms with E-state index in [-0.39, 0.29) is 0 Å². The molecule has 5 rings (SSSR count). The van der Waals surface area contributed by atoms with Crippen molar-refractivity contribution in [3.8, 4) is 11.3 Å². The summed E-state index contributed by atoms with van der Waals surface area (Å²) in [5, 5.41) is 0. The van der Waals surface area contributed by atoms with Gasteiger partial charge in [0.15, 0.2) is 5.69 Å². The van der Waals surface area contributed by atoms with Gasteiger partial charge in [0.1, 0.15) is 6.54 Å². The summed E-state index contributed by atoms with van der Waals surface area (Å²) in [5.41, 5.74) is 10.3. The highest BCUT2D eigenvalue weighted by atomic mass is 15.2. The van der Waals surface area contributed by atoms with Gasteiger partial charge in [-0.1, -0.05) is 24.3 Å². The summed E-state index contributed by atoms with van der Waals surface area (Å²) in [6.45, 7) is 6.77. The van der Waals surface area contributed by atoms with Crippen molar-refractivity contribution in [2.24, 2.45) is 0 Å². The second kappa shape index (κ2) is 6.12. The lowest BCUT2D eigenvalue weighted by atomic mass is 9.86. The molecule has 0 amide bonds. The van der Waals surface area contributed by atoms with Crippen molar-refractivity contribution in [2.45, 2.75) is 52.1 Å². The van der Waals surface area contributed by atoms with Gasteiger partial charge in [-0.25, -0.2) is 0 Å². The molecule has 1 aromatic carbocycles. The summed E-state index contributed by atoms with van der Waals surface area (Å²) in [4.78, 5) is 2.61. The fourth-order valence-electron chi connectivity index (χ4n) is 5.09. The van der Waals surface area contributed by atoms with Crippen LogP contribution in [0.1, 0.15) is 48.2 Å². The molecule has 0 saturated heterocycles. The number of hydrogen-bond acceptors (Lipinski definition) is 1. The van der Waals surface area contributed by atoms with Crippen molar-refractivity contribution in [2.75, 3.05) is 6.54 Å². The van der Waals surface area contributed by atoms with Crippen molar-refractivity contribution in [3.63, 3.8) is 0 Å². The smallest absolute Gasteiger partial charge is 0.213 e. The quantitative estimate of drug-likeness (QED) is 0.631. The maximum absolute atomic E-state index is 2.61. The molecule has 1 atom stereocenters. The highest BCUT2D eigenvalue weighted by molar-refractivity contribution is 5.70. The minimum Gasteiger partial charge on any atom is -0.364 e. The average molecular weight is 343 g/mol. The summed E-state index contributed by atoms with van der Waals surface area (Å²) in [6, 6.07) is 12.0. The monoisotopic (exact) mass is 343 g/mol. The molecule has 0 bridgehead atoms. The van der Waals surface area contributed by atoms with Crippen LogP contribution in [0.15, 0.2) is 54.3 Å². The molecule has 0 fully saturated rings. The van der Waals surface area contributed by atoms with Crippen LogP contribution in [0.2, 0.25) is 0 Å². The summed E-state index contributed by atoms with van der Waals surface area (Å²) < 4.78 is 2.54. The third-order valence-corrected chi connectivity index (χ3v) is 6.37. The molecule has 2 aromatic rings. The largest absolute Gasteiger partial charge is 0.364 e. The zero-order valence-electron chi connectivity index (χ0n) is 15.8. The number of allylic oxidation sites excluding steroid dienone is 3. The molecule has 3 aliphatic heterocycles. The zero-order valence-corrected chi connectivity index (χ0v) is 15.8. The van der Waals surface area contributed by atoms with Gasteiger partial charge in [-0.3, -0.25) is 0 Å². The van der Waals surface area contributed by atoms with E-state index < -0.39 is 0 Å². The van der Waals surface area contributed by atoms with Gasteiger partial charge in [0.05, 0.1) is 11.6 Å². The fourth-order valence-corrected chi connectivity index (χ4v) is 5.09. The molecule has 3 aliphatic rings. The van der Waals surface area contributed by atoms with E-state index in [1.165, 1.54) is 53.9 Å². The first kappa shape index (κ1) is 15.9. The van der Waals surface area contributed by atoms with Crippen LogP contribution in [-0.4, -0.2) is 11.4 Å². The number of aryl methyl sites for hydroxylation is 3. The number of benzene rings is 1. The van der Waals surface area contributed by atoms with E-state index in [2.05, 4.69) is 71.9 Å². The second-order valence-corrected chi connectivity index (χ2v) is 7.91. The fraction of sp³-hybridized carbons (Fsp3) is 0.375. The number of rotatable bonds is 0. The van der Waals surface area contributed by atoms with Crippen LogP contribution >= 0.6 is 0 Å². The first-order valence-electron chi connectivity index (χ1n) is 10.0. The molecule has 26 heavy (non-hydrogen) atoms. The van der Waals surface area contributed by atoms with Crippen LogP contribution < -0.4 is 4.57 Å². The highest BCUT2D eigenvalue weighted by Crippen LogP contribution is 2.42. The average Bonchev–Trinajstić information content (AvgIpc) is 2.95. The van der Waals surface area contributed by atoms with Crippen molar-refractivity contribution >= 4 is 0 Å². The van der Waals surface area contributed by atoms with Gasteiger partial charge >= 0.3 is 0 Å². The van der Waals surface area contributed by atoms with Crippen LogP contribution in [0.5, 0.6) is 0 Å². The number of pyridine rings is 1. The van der Waals surface area contributed by atoms with Crippen molar-refractivity contribution in [3.05, 3.63) is 76.6 Å². The molecule has 0 radical (unpaired) electrons. The van der Waals surface area contributed by atoms with Crippen molar-refractivity contribution in [1.82, 2.24) is 4.90 Å². The van der Waals surface area contributed by atoms with E-state index in [0.29, 0.717) is 6.04 Å². The Morgan fingerprint density at radius 3 is 2.77 bits per heavy atom. The molecule has 132 valence electrons. The Morgan fingerprint density at radius 1 is 1.00 bits per heavy atom. The van der Waals surface area contributed by atoms with Gasteiger partial charge in [0, 0.05) is 37.7 Å². The first-order chi connectivity index (χ1) is 12.7.